The Morgan fingerprint density at radius 3 is 2.12 bits per heavy atom. The quantitative estimate of drug-likeness (QED) is 0.252. The van der Waals surface area contributed by atoms with Gasteiger partial charge in [0.15, 0.2) is 5.11 Å². The van der Waals surface area contributed by atoms with Gasteiger partial charge in [0.25, 0.3) is 11.8 Å². The number of hydrogen-bond donors (Lipinski definition) is 4. The van der Waals surface area contributed by atoms with Crippen LogP contribution in [0.1, 0.15) is 60.7 Å². The monoisotopic (exact) mass is 470 g/mol. The first kappa shape index (κ1) is 25.8. The fraction of sp³-hybridized carbons (Fsp3) is 0.333. The number of benzene rings is 2. The lowest BCUT2D eigenvalue weighted by molar-refractivity contribution is -0.116. The highest BCUT2D eigenvalue weighted by atomic mass is 32.1. The van der Waals surface area contributed by atoms with Gasteiger partial charge in [0.05, 0.1) is 6.61 Å². The van der Waals surface area contributed by atoms with Crippen LogP contribution in [-0.2, 0) is 4.79 Å². The predicted octanol–water partition coefficient (Wildman–Crippen LogP) is 3.80. The molecule has 4 N–H and O–H groups in total. The van der Waals surface area contributed by atoms with Crippen molar-refractivity contribution in [1.29, 1.82) is 0 Å². The molecule has 0 spiro atoms. The number of carbonyl (C=O) groups is 3. The highest BCUT2D eigenvalue weighted by Crippen LogP contribution is 2.13. The molecule has 2 rings (SSSR count). The lowest BCUT2D eigenvalue weighted by Crippen LogP contribution is -2.48. The van der Waals surface area contributed by atoms with E-state index in [-0.39, 0.29) is 16.9 Å². The number of amides is 3. The molecule has 0 aliphatic carbocycles. The van der Waals surface area contributed by atoms with Crippen LogP contribution in [0.5, 0.6) is 5.75 Å². The molecule has 33 heavy (non-hydrogen) atoms. The molecule has 176 valence electrons. The molecule has 2 aromatic carbocycles. The first-order valence-electron chi connectivity index (χ1n) is 10.8. The third-order valence-electron chi connectivity index (χ3n) is 4.42. The maximum atomic E-state index is 12.3. The van der Waals surface area contributed by atoms with E-state index < -0.39 is 11.8 Å². The minimum Gasteiger partial charge on any atom is -0.494 e. The second-order valence-electron chi connectivity index (χ2n) is 7.81. The number of carbonyl (C=O) groups excluding carboxylic acids is 3. The second kappa shape index (κ2) is 13.2. The molecule has 0 aromatic heterocycles. The van der Waals surface area contributed by atoms with Crippen molar-refractivity contribution in [3.05, 3.63) is 59.7 Å². The molecule has 0 saturated carbocycles. The molecule has 0 aliphatic rings. The highest BCUT2D eigenvalue weighted by molar-refractivity contribution is 7.80. The molecule has 0 unspecified atom stereocenters. The fourth-order valence-corrected chi connectivity index (χ4v) is 2.86. The second-order valence-corrected chi connectivity index (χ2v) is 8.22. The normalized spacial score (nSPS) is 10.3. The van der Waals surface area contributed by atoms with E-state index >= 15 is 0 Å². The molecule has 0 radical (unpaired) electrons. The van der Waals surface area contributed by atoms with E-state index in [4.69, 9.17) is 17.0 Å². The molecule has 0 bridgehead atoms. The number of anilines is 1. The number of hydrogen-bond acceptors (Lipinski definition) is 5. The van der Waals surface area contributed by atoms with E-state index in [0.29, 0.717) is 35.6 Å². The molecule has 2 aromatic rings. The van der Waals surface area contributed by atoms with Gasteiger partial charge >= 0.3 is 0 Å². The lowest BCUT2D eigenvalue weighted by atomic mass is 10.1. The standard InChI is InChI=1S/C24H30N4O4S/c1-4-5-14-32-20-12-8-17(9-13-20)22(30)26-24(33)28-27-23(31)18-6-10-19(11-7-18)25-21(29)15-16(2)3/h6-13,16H,4-5,14-15H2,1-3H3,(H,25,29)(H,27,31)(H2,26,28,30,33). The molecular formula is C24H30N4O4S. The van der Waals surface area contributed by atoms with Crippen LogP contribution < -0.4 is 26.2 Å². The lowest BCUT2D eigenvalue weighted by Gasteiger charge is -2.12. The summed E-state index contributed by atoms with van der Waals surface area (Å²) in [6, 6.07) is 13.2. The third-order valence-corrected chi connectivity index (χ3v) is 4.63. The highest BCUT2D eigenvalue weighted by Gasteiger charge is 2.11. The third kappa shape index (κ3) is 9.28. The topological polar surface area (TPSA) is 109 Å². The molecule has 0 heterocycles. The van der Waals surface area contributed by atoms with Gasteiger partial charge in [-0.1, -0.05) is 27.2 Å². The number of hydrazine groups is 1. The zero-order valence-corrected chi connectivity index (χ0v) is 19.9. The van der Waals surface area contributed by atoms with Crippen LogP contribution in [0.25, 0.3) is 0 Å². The fourth-order valence-electron chi connectivity index (χ4n) is 2.72. The first-order chi connectivity index (χ1) is 15.8. The van der Waals surface area contributed by atoms with Crippen LogP contribution in [0.4, 0.5) is 5.69 Å². The Kier molecular flexibility index (Phi) is 10.3. The zero-order chi connectivity index (χ0) is 24.2. The Labute approximate surface area is 199 Å². The van der Waals surface area contributed by atoms with Gasteiger partial charge in [0, 0.05) is 23.2 Å². The Balaban J connectivity index is 1.78. The van der Waals surface area contributed by atoms with Gasteiger partial charge < -0.3 is 10.1 Å². The predicted molar refractivity (Wildman–Crippen MR) is 132 cm³/mol. The number of thiocarbonyl (C=S) groups is 1. The van der Waals surface area contributed by atoms with Crippen LogP contribution >= 0.6 is 12.2 Å². The van der Waals surface area contributed by atoms with Gasteiger partial charge in [0.1, 0.15) is 5.75 Å². The minimum absolute atomic E-state index is 0.0470. The molecule has 3 amide bonds. The van der Waals surface area contributed by atoms with Crippen molar-refractivity contribution in [2.45, 2.75) is 40.0 Å². The summed E-state index contributed by atoms with van der Waals surface area (Å²) in [4.78, 5) is 36.4. The molecule has 9 heteroatoms. The van der Waals surface area contributed by atoms with E-state index in [1.54, 1.807) is 48.5 Å². The van der Waals surface area contributed by atoms with Crippen molar-refractivity contribution in [1.82, 2.24) is 16.2 Å². The van der Waals surface area contributed by atoms with Gasteiger partial charge in [-0.05, 0) is 73.1 Å². The Morgan fingerprint density at radius 2 is 1.52 bits per heavy atom. The molecule has 0 fully saturated rings. The SMILES string of the molecule is CCCCOc1ccc(C(=O)NC(=S)NNC(=O)c2ccc(NC(=O)CC(C)C)cc2)cc1. The van der Waals surface area contributed by atoms with Crippen molar-refractivity contribution in [3.8, 4) is 5.75 Å². The van der Waals surface area contributed by atoms with Crippen LogP contribution in [0.15, 0.2) is 48.5 Å². The smallest absolute Gasteiger partial charge is 0.269 e. The van der Waals surface area contributed by atoms with E-state index in [9.17, 15) is 14.4 Å². The van der Waals surface area contributed by atoms with Gasteiger partial charge in [-0.15, -0.1) is 0 Å². The zero-order valence-electron chi connectivity index (χ0n) is 19.1. The van der Waals surface area contributed by atoms with Crippen LogP contribution in [0, 0.1) is 5.92 Å². The summed E-state index contributed by atoms with van der Waals surface area (Å²) >= 11 is 5.07. The maximum Gasteiger partial charge on any atom is 0.269 e. The summed E-state index contributed by atoms with van der Waals surface area (Å²) in [7, 11) is 0. The summed E-state index contributed by atoms with van der Waals surface area (Å²) in [5.41, 5.74) is 6.30. The molecule has 0 aliphatic heterocycles. The van der Waals surface area contributed by atoms with Crippen molar-refractivity contribution in [3.63, 3.8) is 0 Å². The van der Waals surface area contributed by atoms with Gasteiger partial charge in [0.2, 0.25) is 5.91 Å². The van der Waals surface area contributed by atoms with E-state index in [0.717, 1.165) is 12.8 Å². The van der Waals surface area contributed by atoms with Crippen molar-refractivity contribution in [2.75, 3.05) is 11.9 Å². The average Bonchev–Trinajstić information content (AvgIpc) is 2.78. The van der Waals surface area contributed by atoms with Gasteiger partial charge in [-0.25, -0.2) is 0 Å². The van der Waals surface area contributed by atoms with E-state index in [1.165, 1.54) is 0 Å². The summed E-state index contributed by atoms with van der Waals surface area (Å²) in [5.74, 6) is 0.0139. The van der Waals surface area contributed by atoms with Gasteiger partial charge in [-0.3, -0.25) is 30.6 Å². The Morgan fingerprint density at radius 1 is 0.909 bits per heavy atom. The van der Waals surface area contributed by atoms with Gasteiger partial charge in [-0.2, -0.15) is 0 Å². The van der Waals surface area contributed by atoms with Crippen molar-refractivity contribution < 1.29 is 19.1 Å². The number of ether oxygens (including phenoxy) is 1. The summed E-state index contributed by atoms with van der Waals surface area (Å²) < 4.78 is 5.57. The Bertz CT molecular complexity index is 959. The molecular weight excluding hydrogens is 440 g/mol. The summed E-state index contributed by atoms with van der Waals surface area (Å²) in [6.07, 6.45) is 2.43. The minimum atomic E-state index is -0.444. The summed E-state index contributed by atoms with van der Waals surface area (Å²) in [5, 5.41) is 5.23. The van der Waals surface area contributed by atoms with E-state index in [2.05, 4.69) is 28.4 Å². The molecule has 0 atom stereocenters. The van der Waals surface area contributed by atoms with Crippen LogP contribution in [0.3, 0.4) is 0 Å². The van der Waals surface area contributed by atoms with Crippen molar-refractivity contribution in [2.24, 2.45) is 5.92 Å². The van der Waals surface area contributed by atoms with Crippen LogP contribution in [-0.4, -0.2) is 29.4 Å². The first-order valence-corrected chi connectivity index (χ1v) is 11.2. The Hall–Kier alpha value is -3.46. The van der Waals surface area contributed by atoms with Crippen LogP contribution in [0.2, 0.25) is 0 Å². The number of nitrogens with one attached hydrogen (secondary N) is 4. The maximum absolute atomic E-state index is 12.3. The van der Waals surface area contributed by atoms with Crippen molar-refractivity contribution >= 4 is 40.7 Å². The summed E-state index contributed by atoms with van der Waals surface area (Å²) in [6.45, 7) is 6.65. The molecule has 0 saturated heterocycles. The largest absolute Gasteiger partial charge is 0.494 e. The molecule has 8 nitrogen and oxygen atoms in total. The van der Waals surface area contributed by atoms with E-state index in [1.807, 2.05) is 13.8 Å². The average molecular weight is 471 g/mol. The number of rotatable bonds is 9. The number of unbranched alkanes of at least 4 members (excludes halogenated alkanes) is 1.